The molecule has 0 fully saturated rings. The van der Waals surface area contributed by atoms with Crippen LogP contribution >= 0.6 is 0 Å². The molecule has 0 spiro atoms. The molecule has 0 bridgehead atoms. The molecular weight excluding hydrogens is 238 g/mol. The summed E-state index contributed by atoms with van der Waals surface area (Å²) in [4.78, 5) is 29.2. The number of carboxylic acid groups (broad SMARTS) is 1. The summed E-state index contributed by atoms with van der Waals surface area (Å²) in [6.07, 6.45) is 3.22. The highest BCUT2D eigenvalue weighted by atomic mass is 16.4. The number of amides is 1. The number of nitrogens with zero attached hydrogens (tertiary/aromatic N) is 1. The van der Waals surface area contributed by atoms with E-state index in [9.17, 15) is 9.59 Å². The largest absolute Gasteiger partial charge is 0.475 e. The van der Waals surface area contributed by atoms with Gasteiger partial charge in [0.05, 0.1) is 6.04 Å². The first-order valence-corrected chi connectivity index (χ1v) is 5.21. The average Bonchev–Trinajstić information content (AvgIpc) is 3.00. The predicted octanol–water partition coefficient (Wildman–Crippen LogP) is 1.19. The van der Waals surface area contributed by atoms with Crippen molar-refractivity contribution in [2.75, 3.05) is 0 Å². The number of hydrogen-bond donors (Lipinski definition) is 3. The summed E-state index contributed by atoms with van der Waals surface area (Å²) >= 11 is 0. The molecule has 7 nitrogen and oxygen atoms in total. The minimum Gasteiger partial charge on any atom is -0.475 e. The Hall–Kier alpha value is -2.57. The molecule has 0 aromatic carbocycles. The van der Waals surface area contributed by atoms with E-state index in [1.165, 1.54) is 12.1 Å². The highest BCUT2D eigenvalue weighted by Gasteiger charge is 2.17. The number of carbonyl (C=O) groups excluding carboxylic acids is 1. The second-order valence-corrected chi connectivity index (χ2v) is 3.64. The SMILES string of the molecule is CC(NC(=O)c1ccc(C(=O)O)o1)c1ncc[nH]1. The van der Waals surface area contributed by atoms with Crippen molar-refractivity contribution in [3.63, 3.8) is 0 Å². The third kappa shape index (κ3) is 2.40. The van der Waals surface area contributed by atoms with Gasteiger partial charge >= 0.3 is 5.97 Å². The summed E-state index contributed by atoms with van der Waals surface area (Å²) in [5.74, 6) is -1.43. The van der Waals surface area contributed by atoms with E-state index >= 15 is 0 Å². The molecule has 0 radical (unpaired) electrons. The van der Waals surface area contributed by atoms with Crippen molar-refractivity contribution in [2.45, 2.75) is 13.0 Å². The third-order valence-corrected chi connectivity index (χ3v) is 2.32. The quantitative estimate of drug-likeness (QED) is 0.754. The van der Waals surface area contributed by atoms with E-state index in [0.717, 1.165) is 0 Å². The zero-order valence-corrected chi connectivity index (χ0v) is 9.51. The van der Waals surface area contributed by atoms with Gasteiger partial charge in [-0.3, -0.25) is 4.79 Å². The normalized spacial score (nSPS) is 12.1. The number of aromatic carboxylic acids is 1. The summed E-state index contributed by atoms with van der Waals surface area (Å²) in [5.41, 5.74) is 0. The lowest BCUT2D eigenvalue weighted by Gasteiger charge is -2.09. The van der Waals surface area contributed by atoms with Crippen LogP contribution in [0.4, 0.5) is 0 Å². The molecule has 94 valence electrons. The molecule has 7 heteroatoms. The predicted molar refractivity (Wildman–Crippen MR) is 60.1 cm³/mol. The molecule has 2 aromatic rings. The van der Waals surface area contributed by atoms with Gasteiger partial charge in [-0.2, -0.15) is 0 Å². The molecule has 18 heavy (non-hydrogen) atoms. The van der Waals surface area contributed by atoms with Crippen molar-refractivity contribution in [1.82, 2.24) is 15.3 Å². The van der Waals surface area contributed by atoms with Crippen LogP contribution in [0.15, 0.2) is 28.9 Å². The van der Waals surface area contributed by atoms with Gasteiger partial charge in [-0.1, -0.05) is 0 Å². The van der Waals surface area contributed by atoms with Crippen LogP contribution in [0, 0.1) is 0 Å². The summed E-state index contributed by atoms with van der Waals surface area (Å²) < 4.78 is 4.88. The summed E-state index contributed by atoms with van der Waals surface area (Å²) in [6.45, 7) is 1.75. The van der Waals surface area contributed by atoms with Gasteiger partial charge in [0.25, 0.3) is 5.91 Å². The number of hydrogen-bond acceptors (Lipinski definition) is 4. The molecule has 0 saturated heterocycles. The van der Waals surface area contributed by atoms with Crippen LogP contribution in [0.25, 0.3) is 0 Å². The average molecular weight is 249 g/mol. The van der Waals surface area contributed by atoms with E-state index in [2.05, 4.69) is 15.3 Å². The van der Waals surface area contributed by atoms with Crippen molar-refractivity contribution >= 4 is 11.9 Å². The molecule has 2 heterocycles. The number of nitrogens with one attached hydrogen (secondary N) is 2. The number of H-pyrrole nitrogens is 1. The van der Waals surface area contributed by atoms with Gasteiger partial charge in [0.2, 0.25) is 5.76 Å². The van der Waals surface area contributed by atoms with Gasteiger partial charge in [0, 0.05) is 12.4 Å². The fourth-order valence-electron chi connectivity index (χ4n) is 1.43. The highest BCUT2D eigenvalue weighted by molar-refractivity contribution is 5.93. The van der Waals surface area contributed by atoms with Gasteiger partial charge in [-0.25, -0.2) is 9.78 Å². The molecule has 1 unspecified atom stereocenters. The van der Waals surface area contributed by atoms with Crippen LogP contribution in [-0.4, -0.2) is 27.0 Å². The van der Waals surface area contributed by atoms with Crippen molar-refractivity contribution in [1.29, 1.82) is 0 Å². The summed E-state index contributed by atoms with van der Waals surface area (Å²) in [6, 6.07) is 2.22. The van der Waals surface area contributed by atoms with Crippen LogP contribution in [0.2, 0.25) is 0 Å². The van der Waals surface area contributed by atoms with E-state index in [1.54, 1.807) is 19.3 Å². The molecular formula is C11H11N3O4. The standard InChI is InChI=1S/C11H11N3O4/c1-6(9-12-4-5-13-9)14-10(15)7-2-3-8(18-7)11(16)17/h2-6H,1H3,(H,12,13)(H,14,15)(H,16,17). The Morgan fingerprint density at radius 1 is 1.44 bits per heavy atom. The molecule has 0 aliphatic rings. The highest BCUT2D eigenvalue weighted by Crippen LogP contribution is 2.11. The molecule has 0 saturated carbocycles. The first-order valence-electron chi connectivity index (χ1n) is 5.21. The van der Waals surface area contributed by atoms with Crippen molar-refractivity contribution in [2.24, 2.45) is 0 Å². The van der Waals surface area contributed by atoms with Crippen molar-refractivity contribution in [3.8, 4) is 0 Å². The van der Waals surface area contributed by atoms with Crippen LogP contribution in [0.1, 0.15) is 39.9 Å². The summed E-state index contributed by atoms with van der Waals surface area (Å²) in [7, 11) is 0. The minimum absolute atomic E-state index is 0.0502. The zero-order valence-electron chi connectivity index (χ0n) is 9.51. The minimum atomic E-state index is -1.21. The monoisotopic (exact) mass is 249 g/mol. The molecule has 2 rings (SSSR count). The Morgan fingerprint density at radius 3 is 2.72 bits per heavy atom. The van der Waals surface area contributed by atoms with Gasteiger partial charge in [-0.05, 0) is 19.1 Å². The lowest BCUT2D eigenvalue weighted by Crippen LogP contribution is -2.27. The summed E-state index contributed by atoms with van der Waals surface area (Å²) in [5, 5.41) is 11.3. The van der Waals surface area contributed by atoms with E-state index in [4.69, 9.17) is 9.52 Å². The molecule has 0 aliphatic carbocycles. The fourth-order valence-corrected chi connectivity index (χ4v) is 1.43. The second kappa shape index (κ2) is 4.74. The third-order valence-electron chi connectivity index (χ3n) is 2.32. The topological polar surface area (TPSA) is 108 Å². The lowest BCUT2D eigenvalue weighted by molar-refractivity contribution is 0.0659. The number of imidazole rings is 1. The second-order valence-electron chi connectivity index (χ2n) is 3.64. The number of aromatic amines is 1. The van der Waals surface area contributed by atoms with Gasteiger partial charge in [0.15, 0.2) is 5.76 Å². The zero-order chi connectivity index (χ0) is 13.1. The Kier molecular flexibility index (Phi) is 3.13. The maximum atomic E-state index is 11.7. The molecule has 1 amide bonds. The van der Waals surface area contributed by atoms with Crippen molar-refractivity contribution in [3.05, 3.63) is 41.9 Å². The Balaban J connectivity index is 2.05. The van der Waals surface area contributed by atoms with E-state index in [-0.39, 0.29) is 17.6 Å². The Bertz CT molecular complexity index is 559. The smallest absolute Gasteiger partial charge is 0.371 e. The maximum absolute atomic E-state index is 11.7. The molecule has 3 N–H and O–H groups in total. The van der Waals surface area contributed by atoms with E-state index in [1.807, 2.05) is 0 Å². The van der Waals surface area contributed by atoms with Crippen LogP contribution < -0.4 is 5.32 Å². The van der Waals surface area contributed by atoms with E-state index < -0.39 is 11.9 Å². The van der Waals surface area contributed by atoms with Gasteiger partial charge < -0.3 is 19.8 Å². The fraction of sp³-hybridized carbons (Fsp3) is 0.182. The maximum Gasteiger partial charge on any atom is 0.371 e. The number of carbonyl (C=O) groups is 2. The van der Waals surface area contributed by atoms with Crippen LogP contribution in [0.3, 0.4) is 0 Å². The number of carboxylic acids is 1. The van der Waals surface area contributed by atoms with Crippen LogP contribution in [-0.2, 0) is 0 Å². The van der Waals surface area contributed by atoms with Gasteiger partial charge in [-0.15, -0.1) is 0 Å². The number of aromatic nitrogens is 2. The molecule has 0 aliphatic heterocycles. The molecule has 1 atom stereocenters. The Morgan fingerprint density at radius 2 is 2.17 bits per heavy atom. The van der Waals surface area contributed by atoms with Gasteiger partial charge in [0.1, 0.15) is 5.82 Å². The van der Waals surface area contributed by atoms with E-state index in [0.29, 0.717) is 5.82 Å². The van der Waals surface area contributed by atoms with Crippen molar-refractivity contribution < 1.29 is 19.1 Å². The van der Waals surface area contributed by atoms with Crippen LogP contribution in [0.5, 0.6) is 0 Å². The first kappa shape index (κ1) is 11.9. The number of rotatable bonds is 4. The molecule has 2 aromatic heterocycles. The lowest BCUT2D eigenvalue weighted by atomic mass is 10.3. The number of furan rings is 1. The Labute approximate surface area is 102 Å². The first-order chi connectivity index (χ1) is 8.58.